The van der Waals surface area contributed by atoms with Crippen LogP contribution in [0.5, 0.6) is 0 Å². The number of nitrogens with one attached hydrogen (secondary N) is 1. The lowest BCUT2D eigenvalue weighted by molar-refractivity contribution is -0.149. The van der Waals surface area contributed by atoms with Gasteiger partial charge in [0.25, 0.3) is 0 Å². The maximum absolute atomic E-state index is 12.4. The van der Waals surface area contributed by atoms with Crippen molar-refractivity contribution in [2.45, 2.75) is 32.0 Å². The molecule has 1 fully saturated rings. The minimum atomic E-state index is -4.18. The van der Waals surface area contributed by atoms with Gasteiger partial charge in [0.05, 0.1) is 12.2 Å². The molecule has 1 amide bonds. The number of nitrogens with zero attached hydrogens (tertiary/aromatic N) is 3. The molecule has 3 heterocycles. The number of piperidine rings is 1. The number of alkyl halides is 3. The fourth-order valence-corrected chi connectivity index (χ4v) is 4.28. The van der Waals surface area contributed by atoms with Gasteiger partial charge in [-0.3, -0.25) is 9.69 Å². The van der Waals surface area contributed by atoms with Crippen LogP contribution in [0.4, 0.5) is 18.3 Å². The number of anilines is 1. The number of hydrogen-bond donors (Lipinski definition) is 1. The summed E-state index contributed by atoms with van der Waals surface area (Å²) < 4.78 is 37.2. The molecule has 0 bridgehead atoms. The second kappa shape index (κ2) is 6.97. The fourth-order valence-electron chi connectivity index (χ4n) is 3.19. The van der Waals surface area contributed by atoms with Gasteiger partial charge in [0.1, 0.15) is 0 Å². The Kier molecular flexibility index (Phi) is 5.12. The van der Waals surface area contributed by atoms with Gasteiger partial charge in [-0.2, -0.15) is 13.2 Å². The van der Waals surface area contributed by atoms with Crippen LogP contribution >= 0.6 is 11.3 Å². The molecule has 1 aromatic heterocycles. The van der Waals surface area contributed by atoms with Crippen molar-refractivity contribution in [3.8, 4) is 0 Å². The summed E-state index contributed by atoms with van der Waals surface area (Å²) >= 11 is 1.50. The smallest absolute Gasteiger partial charge is 0.302 e. The summed E-state index contributed by atoms with van der Waals surface area (Å²) in [7, 11) is 2.05. The first kappa shape index (κ1) is 17.6. The van der Waals surface area contributed by atoms with Crippen molar-refractivity contribution >= 4 is 22.4 Å². The first-order valence-corrected chi connectivity index (χ1v) is 8.89. The molecule has 1 aromatic rings. The molecule has 0 atom stereocenters. The zero-order valence-electron chi connectivity index (χ0n) is 13.5. The summed E-state index contributed by atoms with van der Waals surface area (Å²) in [5.74, 6) is -0.362. The molecule has 0 spiro atoms. The minimum absolute atomic E-state index is 0.124. The number of fused-ring (bicyclic) bond motifs is 1. The Labute approximate surface area is 142 Å². The molecule has 5 nitrogen and oxygen atoms in total. The third-order valence-electron chi connectivity index (χ3n) is 4.51. The number of halogens is 3. The van der Waals surface area contributed by atoms with Gasteiger partial charge in [0, 0.05) is 30.3 Å². The molecule has 0 saturated carbocycles. The van der Waals surface area contributed by atoms with E-state index < -0.39 is 12.7 Å². The van der Waals surface area contributed by atoms with E-state index in [0.29, 0.717) is 31.1 Å². The zero-order valence-corrected chi connectivity index (χ0v) is 14.3. The van der Waals surface area contributed by atoms with Gasteiger partial charge in [0.2, 0.25) is 5.91 Å². The van der Waals surface area contributed by atoms with Crippen molar-refractivity contribution in [1.29, 1.82) is 0 Å². The Morgan fingerprint density at radius 1 is 1.33 bits per heavy atom. The summed E-state index contributed by atoms with van der Waals surface area (Å²) in [5, 5.41) is 3.47. The number of amides is 1. The highest BCUT2D eigenvalue weighted by Crippen LogP contribution is 2.29. The molecule has 1 saturated heterocycles. The third-order valence-corrected chi connectivity index (χ3v) is 5.51. The van der Waals surface area contributed by atoms with Gasteiger partial charge in [0.15, 0.2) is 5.13 Å². The number of carbonyl (C=O) groups is 1. The second-order valence-corrected chi connectivity index (χ2v) is 7.62. The van der Waals surface area contributed by atoms with Crippen molar-refractivity contribution in [2.24, 2.45) is 5.92 Å². The first-order chi connectivity index (χ1) is 11.3. The Bertz CT molecular complexity index is 596. The number of rotatable bonds is 3. The third kappa shape index (κ3) is 4.46. The molecule has 0 radical (unpaired) electrons. The van der Waals surface area contributed by atoms with Crippen LogP contribution in [0.2, 0.25) is 0 Å². The van der Waals surface area contributed by atoms with Crippen molar-refractivity contribution in [3.05, 3.63) is 10.6 Å². The van der Waals surface area contributed by atoms with Crippen molar-refractivity contribution in [3.63, 3.8) is 0 Å². The van der Waals surface area contributed by atoms with Gasteiger partial charge in [-0.05, 0) is 33.0 Å². The highest BCUT2D eigenvalue weighted by molar-refractivity contribution is 7.15. The number of hydrogen-bond acceptors (Lipinski definition) is 5. The van der Waals surface area contributed by atoms with Crippen molar-refractivity contribution in [1.82, 2.24) is 14.8 Å². The highest BCUT2D eigenvalue weighted by Gasteiger charge is 2.34. The molecule has 1 N–H and O–H groups in total. The monoisotopic (exact) mass is 362 g/mol. The number of carbonyl (C=O) groups excluding carboxylic acids is 1. The predicted octanol–water partition coefficient (Wildman–Crippen LogP) is 2.34. The SMILES string of the molecule is CN1CCc2nc(NC(=O)C3CCN(CC(F)(F)F)CC3)sc2C1. The molecular formula is C15H21F3N4OS. The van der Waals surface area contributed by atoms with Crippen LogP contribution in [0.3, 0.4) is 0 Å². The molecular weight excluding hydrogens is 341 g/mol. The maximum atomic E-state index is 12.4. The lowest BCUT2D eigenvalue weighted by atomic mass is 9.96. The van der Waals surface area contributed by atoms with Crippen LogP contribution in [0.25, 0.3) is 0 Å². The topological polar surface area (TPSA) is 48.5 Å². The Morgan fingerprint density at radius 2 is 2.04 bits per heavy atom. The Morgan fingerprint density at radius 3 is 2.71 bits per heavy atom. The Balaban J connectivity index is 1.51. The summed E-state index contributed by atoms with van der Waals surface area (Å²) in [6.07, 6.45) is -2.39. The Hall–Kier alpha value is -1.19. The average Bonchev–Trinajstić information content (AvgIpc) is 2.87. The minimum Gasteiger partial charge on any atom is -0.302 e. The number of likely N-dealkylation sites (tertiary alicyclic amines) is 1. The van der Waals surface area contributed by atoms with Gasteiger partial charge < -0.3 is 10.2 Å². The van der Waals surface area contributed by atoms with Crippen LogP contribution in [0.15, 0.2) is 0 Å². The summed E-state index contributed by atoms with van der Waals surface area (Å²) in [6.45, 7) is 1.52. The van der Waals surface area contributed by atoms with E-state index in [0.717, 1.165) is 25.2 Å². The number of aromatic nitrogens is 1. The van der Waals surface area contributed by atoms with Gasteiger partial charge >= 0.3 is 6.18 Å². The average molecular weight is 362 g/mol. The van der Waals surface area contributed by atoms with Crippen LogP contribution in [0.1, 0.15) is 23.4 Å². The van der Waals surface area contributed by atoms with E-state index in [4.69, 9.17) is 0 Å². The molecule has 2 aliphatic rings. The van der Waals surface area contributed by atoms with Crippen LogP contribution < -0.4 is 5.32 Å². The summed E-state index contributed by atoms with van der Waals surface area (Å²) in [6, 6.07) is 0. The lowest BCUT2D eigenvalue weighted by Gasteiger charge is -2.31. The molecule has 0 aliphatic carbocycles. The summed E-state index contributed by atoms with van der Waals surface area (Å²) in [5.41, 5.74) is 1.05. The normalized spacial score (nSPS) is 20.8. The second-order valence-electron chi connectivity index (χ2n) is 6.53. The van der Waals surface area contributed by atoms with Crippen molar-refractivity contribution < 1.29 is 18.0 Å². The first-order valence-electron chi connectivity index (χ1n) is 8.07. The van der Waals surface area contributed by atoms with E-state index in [2.05, 4.69) is 22.2 Å². The standard InChI is InChI=1S/C15H21F3N4OS/c1-21-5-4-11-12(8-21)24-14(19-11)20-13(23)10-2-6-22(7-3-10)9-15(16,17)18/h10H,2-9H2,1H3,(H,19,20,23). The lowest BCUT2D eigenvalue weighted by Crippen LogP contribution is -2.42. The largest absolute Gasteiger partial charge is 0.401 e. The summed E-state index contributed by atoms with van der Waals surface area (Å²) in [4.78, 5) is 21.6. The van der Waals surface area contributed by atoms with Crippen molar-refractivity contribution in [2.75, 3.05) is 38.5 Å². The number of likely N-dealkylation sites (N-methyl/N-ethyl adjacent to an activating group) is 1. The van der Waals surface area contributed by atoms with Gasteiger partial charge in [-0.1, -0.05) is 0 Å². The van der Waals surface area contributed by atoms with Crippen LogP contribution in [-0.2, 0) is 17.8 Å². The molecule has 3 rings (SSSR count). The fraction of sp³-hybridized carbons (Fsp3) is 0.733. The van der Waals surface area contributed by atoms with Gasteiger partial charge in [-0.25, -0.2) is 4.98 Å². The maximum Gasteiger partial charge on any atom is 0.401 e. The molecule has 0 aromatic carbocycles. The highest BCUT2D eigenvalue weighted by atomic mass is 32.1. The zero-order chi connectivity index (χ0) is 17.3. The van der Waals surface area contributed by atoms with E-state index in [1.165, 1.54) is 21.1 Å². The number of thiazole rings is 1. The van der Waals surface area contributed by atoms with E-state index in [1.54, 1.807) is 0 Å². The van der Waals surface area contributed by atoms with E-state index in [-0.39, 0.29) is 11.8 Å². The van der Waals surface area contributed by atoms with E-state index in [9.17, 15) is 18.0 Å². The predicted molar refractivity (Wildman–Crippen MR) is 86.0 cm³/mol. The van der Waals surface area contributed by atoms with E-state index >= 15 is 0 Å². The van der Waals surface area contributed by atoms with Crippen LogP contribution in [0, 0.1) is 5.92 Å². The van der Waals surface area contributed by atoms with Crippen LogP contribution in [-0.4, -0.2) is 60.1 Å². The molecule has 9 heteroatoms. The van der Waals surface area contributed by atoms with E-state index in [1.807, 2.05) is 0 Å². The quantitative estimate of drug-likeness (QED) is 0.897. The molecule has 2 aliphatic heterocycles. The van der Waals surface area contributed by atoms with Gasteiger partial charge in [-0.15, -0.1) is 11.3 Å². The molecule has 134 valence electrons. The molecule has 24 heavy (non-hydrogen) atoms. The molecule has 0 unspecified atom stereocenters.